The van der Waals surface area contributed by atoms with Crippen molar-refractivity contribution in [1.29, 1.82) is 0 Å². The van der Waals surface area contributed by atoms with Crippen molar-refractivity contribution >= 4 is 46.5 Å². The molecule has 1 heterocycles. The molecule has 19 heavy (non-hydrogen) atoms. The van der Waals surface area contributed by atoms with Gasteiger partial charge in [-0.05, 0) is 35.9 Å². The van der Waals surface area contributed by atoms with E-state index in [-0.39, 0.29) is 0 Å². The van der Waals surface area contributed by atoms with E-state index in [1.807, 2.05) is 36.4 Å². The van der Waals surface area contributed by atoms with Crippen LogP contribution in [0.2, 0.25) is 10.0 Å². The van der Waals surface area contributed by atoms with Crippen molar-refractivity contribution in [2.45, 2.75) is 0 Å². The van der Waals surface area contributed by atoms with Crippen molar-refractivity contribution in [1.82, 2.24) is 4.98 Å². The molecule has 0 radical (unpaired) electrons. The Bertz CT molecular complexity index is 729. The zero-order valence-electron chi connectivity index (χ0n) is 9.81. The summed E-state index contributed by atoms with van der Waals surface area (Å²) in [6.07, 6.45) is 3.64. The maximum absolute atomic E-state index is 6.09. The molecule has 2 aromatic carbocycles. The molecule has 0 aliphatic rings. The number of oxazole rings is 1. The van der Waals surface area contributed by atoms with Gasteiger partial charge >= 0.3 is 0 Å². The van der Waals surface area contributed by atoms with Crippen LogP contribution >= 0.6 is 23.2 Å². The Labute approximate surface area is 120 Å². The molecule has 4 heteroatoms. The summed E-state index contributed by atoms with van der Waals surface area (Å²) in [4.78, 5) is 4.35. The number of hydrogen-bond donors (Lipinski definition) is 0. The van der Waals surface area contributed by atoms with Gasteiger partial charge in [-0.3, -0.25) is 0 Å². The quantitative estimate of drug-likeness (QED) is 0.639. The van der Waals surface area contributed by atoms with Crippen LogP contribution in [0.15, 0.2) is 46.9 Å². The van der Waals surface area contributed by atoms with Crippen molar-refractivity contribution in [3.8, 4) is 0 Å². The molecule has 0 fully saturated rings. The normalized spacial score (nSPS) is 11.5. The zero-order valence-corrected chi connectivity index (χ0v) is 11.3. The van der Waals surface area contributed by atoms with E-state index < -0.39 is 0 Å². The van der Waals surface area contributed by atoms with Crippen LogP contribution in [-0.4, -0.2) is 4.98 Å². The van der Waals surface area contributed by atoms with Gasteiger partial charge in [-0.15, -0.1) is 0 Å². The minimum Gasteiger partial charge on any atom is -0.437 e. The Morgan fingerprint density at radius 3 is 2.63 bits per heavy atom. The van der Waals surface area contributed by atoms with Gasteiger partial charge < -0.3 is 4.42 Å². The molecular formula is C15H9Cl2NO. The Hall–Kier alpha value is -1.77. The van der Waals surface area contributed by atoms with Crippen LogP contribution in [0.5, 0.6) is 0 Å². The van der Waals surface area contributed by atoms with Gasteiger partial charge in [0.1, 0.15) is 5.52 Å². The van der Waals surface area contributed by atoms with Crippen LogP contribution in [0.4, 0.5) is 0 Å². The second-order valence-corrected chi connectivity index (χ2v) is 4.86. The van der Waals surface area contributed by atoms with Gasteiger partial charge in [-0.1, -0.05) is 41.4 Å². The molecule has 0 unspecified atom stereocenters. The van der Waals surface area contributed by atoms with Crippen LogP contribution in [0.3, 0.4) is 0 Å². The highest BCUT2D eigenvalue weighted by Gasteiger charge is 2.02. The first-order valence-electron chi connectivity index (χ1n) is 5.71. The van der Waals surface area contributed by atoms with Crippen LogP contribution in [0, 0.1) is 0 Å². The molecule has 2 nitrogen and oxygen atoms in total. The highest BCUT2D eigenvalue weighted by molar-refractivity contribution is 6.35. The molecule has 0 atom stereocenters. The number of rotatable bonds is 2. The van der Waals surface area contributed by atoms with Crippen LogP contribution < -0.4 is 0 Å². The van der Waals surface area contributed by atoms with E-state index in [0.29, 0.717) is 15.9 Å². The maximum Gasteiger partial charge on any atom is 0.220 e. The van der Waals surface area contributed by atoms with Gasteiger partial charge in [0.2, 0.25) is 5.89 Å². The van der Waals surface area contributed by atoms with E-state index >= 15 is 0 Å². The van der Waals surface area contributed by atoms with Gasteiger partial charge in [0.05, 0.1) is 0 Å². The van der Waals surface area contributed by atoms with Gasteiger partial charge in [0.15, 0.2) is 5.58 Å². The largest absolute Gasteiger partial charge is 0.437 e. The van der Waals surface area contributed by atoms with Crippen LogP contribution in [0.25, 0.3) is 23.3 Å². The van der Waals surface area contributed by atoms with E-state index in [1.165, 1.54) is 0 Å². The first-order valence-corrected chi connectivity index (χ1v) is 6.47. The first kappa shape index (κ1) is 12.3. The van der Waals surface area contributed by atoms with E-state index in [0.717, 1.165) is 16.7 Å². The average Bonchev–Trinajstić information content (AvgIpc) is 2.80. The Balaban J connectivity index is 1.93. The van der Waals surface area contributed by atoms with Crippen molar-refractivity contribution in [3.05, 3.63) is 64.0 Å². The summed E-state index contributed by atoms with van der Waals surface area (Å²) in [6, 6.07) is 13.0. The van der Waals surface area contributed by atoms with E-state index in [1.54, 1.807) is 18.2 Å². The summed E-state index contributed by atoms with van der Waals surface area (Å²) in [6.45, 7) is 0. The second-order valence-electron chi connectivity index (χ2n) is 4.02. The lowest BCUT2D eigenvalue weighted by atomic mass is 10.2. The van der Waals surface area contributed by atoms with Crippen LogP contribution in [0.1, 0.15) is 11.5 Å². The Morgan fingerprint density at radius 1 is 1.00 bits per heavy atom. The summed E-state index contributed by atoms with van der Waals surface area (Å²) in [7, 11) is 0. The number of nitrogens with zero attached hydrogens (tertiary/aromatic N) is 1. The molecule has 0 saturated carbocycles. The van der Waals surface area contributed by atoms with E-state index in [4.69, 9.17) is 27.6 Å². The standard InChI is InChI=1S/C15H9Cl2NO/c16-11-7-5-10(12(17)9-11)6-8-15-18-13-3-1-2-4-14(13)19-15/h1-9H/b8-6+. The Kier molecular flexibility index (Phi) is 3.28. The molecule has 0 bridgehead atoms. The van der Waals surface area contributed by atoms with Gasteiger partial charge in [-0.2, -0.15) is 0 Å². The summed E-state index contributed by atoms with van der Waals surface area (Å²) in [5.74, 6) is 0.548. The molecule has 0 aliphatic heterocycles. The fraction of sp³-hybridized carbons (Fsp3) is 0. The predicted molar refractivity (Wildman–Crippen MR) is 79.4 cm³/mol. The average molecular weight is 290 g/mol. The molecular weight excluding hydrogens is 281 g/mol. The Morgan fingerprint density at radius 2 is 1.84 bits per heavy atom. The summed E-state index contributed by atoms with van der Waals surface area (Å²) in [5, 5.41) is 1.21. The maximum atomic E-state index is 6.09. The van der Waals surface area contributed by atoms with Crippen LogP contribution in [-0.2, 0) is 0 Å². The number of benzene rings is 2. The van der Waals surface area contributed by atoms with Gasteiger partial charge in [0.25, 0.3) is 0 Å². The summed E-state index contributed by atoms with van der Waals surface area (Å²) in [5.41, 5.74) is 2.47. The van der Waals surface area contributed by atoms with Crippen molar-refractivity contribution in [3.63, 3.8) is 0 Å². The predicted octanol–water partition coefficient (Wildman–Crippen LogP) is 5.31. The minimum absolute atomic E-state index is 0.548. The number of aromatic nitrogens is 1. The van der Waals surface area contributed by atoms with Crippen molar-refractivity contribution in [2.24, 2.45) is 0 Å². The molecule has 94 valence electrons. The smallest absolute Gasteiger partial charge is 0.220 e. The summed E-state index contributed by atoms with van der Waals surface area (Å²) >= 11 is 11.9. The molecule has 0 saturated heterocycles. The first-order chi connectivity index (χ1) is 9.22. The molecule has 0 aliphatic carbocycles. The zero-order chi connectivity index (χ0) is 13.2. The van der Waals surface area contributed by atoms with Gasteiger partial charge in [-0.25, -0.2) is 4.98 Å². The lowest BCUT2D eigenvalue weighted by Gasteiger charge is -1.97. The monoisotopic (exact) mass is 289 g/mol. The summed E-state index contributed by atoms with van der Waals surface area (Å²) < 4.78 is 5.59. The second kappa shape index (κ2) is 5.08. The SMILES string of the molecule is Clc1ccc(/C=C/c2nc3ccccc3o2)c(Cl)c1. The number of halogens is 2. The number of fused-ring (bicyclic) bond motifs is 1. The molecule has 3 rings (SSSR count). The van der Waals surface area contributed by atoms with Crippen molar-refractivity contribution in [2.75, 3.05) is 0 Å². The molecule has 0 amide bonds. The van der Waals surface area contributed by atoms with Gasteiger partial charge in [0, 0.05) is 16.1 Å². The number of hydrogen-bond acceptors (Lipinski definition) is 2. The molecule has 1 aromatic heterocycles. The molecule has 3 aromatic rings. The molecule has 0 spiro atoms. The van der Waals surface area contributed by atoms with E-state index in [2.05, 4.69) is 4.98 Å². The minimum atomic E-state index is 0.548. The lowest BCUT2D eigenvalue weighted by Crippen LogP contribution is -1.75. The van der Waals surface area contributed by atoms with E-state index in [9.17, 15) is 0 Å². The fourth-order valence-corrected chi connectivity index (χ4v) is 2.23. The highest BCUT2D eigenvalue weighted by Crippen LogP contribution is 2.23. The topological polar surface area (TPSA) is 26.0 Å². The fourth-order valence-electron chi connectivity index (χ4n) is 1.76. The molecule has 0 N–H and O–H groups in total. The third-order valence-electron chi connectivity index (χ3n) is 2.68. The number of para-hydroxylation sites is 2. The lowest BCUT2D eigenvalue weighted by molar-refractivity contribution is 0.590. The van der Waals surface area contributed by atoms with Crippen molar-refractivity contribution < 1.29 is 4.42 Å². The third-order valence-corrected chi connectivity index (χ3v) is 3.24. The third kappa shape index (κ3) is 2.65. The highest BCUT2D eigenvalue weighted by atomic mass is 35.5.